The number of nitrogens with two attached hydrogens (primary N) is 1. The van der Waals surface area contributed by atoms with Crippen molar-refractivity contribution in [2.24, 2.45) is 12.9 Å². The Labute approximate surface area is 91.4 Å². The lowest BCUT2D eigenvalue weighted by Crippen LogP contribution is -2.28. The Hall–Kier alpha value is -0.870. The molecule has 0 aliphatic heterocycles. The van der Waals surface area contributed by atoms with E-state index in [0.29, 0.717) is 0 Å². The normalized spacial score (nSPS) is 13.3. The zero-order chi connectivity index (χ0) is 11.9. The van der Waals surface area contributed by atoms with E-state index in [4.69, 9.17) is 10.7 Å². The second-order valence-corrected chi connectivity index (χ2v) is 5.44. The minimum atomic E-state index is -0.503. The largest absolute Gasteiger partial charge is 0.294 e. The van der Waals surface area contributed by atoms with Crippen LogP contribution in [-0.4, -0.2) is 9.78 Å². The van der Waals surface area contributed by atoms with Gasteiger partial charge in [0, 0.05) is 24.2 Å². The van der Waals surface area contributed by atoms with Crippen LogP contribution in [0.15, 0.2) is 6.20 Å². The lowest BCUT2D eigenvalue weighted by molar-refractivity contribution is -0.0248. The van der Waals surface area contributed by atoms with Gasteiger partial charge in [-0.2, -0.15) is 5.10 Å². The Morgan fingerprint density at radius 1 is 1.27 bits per heavy atom. The molecule has 4 nitrogen and oxygen atoms in total. The molecule has 0 saturated carbocycles. The van der Waals surface area contributed by atoms with E-state index in [9.17, 15) is 0 Å². The molecule has 1 aromatic rings. The molecule has 0 aliphatic carbocycles. The van der Waals surface area contributed by atoms with Crippen LogP contribution in [0.1, 0.15) is 45.9 Å². The Kier molecular flexibility index (Phi) is 2.94. The summed E-state index contributed by atoms with van der Waals surface area (Å²) >= 11 is 0. The van der Waals surface area contributed by atoms with Crippen molar-refractivity contribution in [1.29, 1.82) is 0 Å². The highest BCUT2D eigenvalue weighted by atomic mass is 16.6. The third-order valence-corrected chi connectivity index (χ3v) is 2.48. The van der Waals surface area contributed by atoms with Crippen LogP contribution in [0.5, 0.6) is 0 Å². The number of hydrogen-bond acceptors (Lipinski definition) is 3. The monoisotopic (exact) mass is 211 g/mol. The molecule has 86 valence electrons. The second kappa shape index (κ2) is 3.61. The summed E-state index contributed by atoms with van der Waals surface area (Å²) < 4.78 is 1.80. The maximum atomic E-state index is 5.32. The van der Waals surface area contributed by atoms with Crippen LogP contribution in [0.25, 0.3) is 0 Å². The zero-order valence-corrected chi connectivity index (χ0v) is 10.5. The van der Waals surface area contributed by atoms with Crippen LogP contribution in [0.2, 0.25) is 0 Å². The summed E-state index contributed by atoms with van der Waals surface area (Å²) in [6.07, 6.45) is 1.97. The predicted octanol–water partition coefficient (Wildman–Crippen LogP) is 1.84. The zero-order valence-electron chi connectivity index (χ0n) is 10.5. The van der Waals surface area contributed by atoms with Crippen LogP contribution >= 0.6 is 0 Å². The molecular weight excluding hydrogens is 190 g/mol. The summed E-state index contributed by atoms with van der Waals surface area (Å²) in [6.45, 7) is 10.3. The van der Waals surface area contributed by atoms with Gasteiger partial charge in [0.05, 0.1) is 5.69 Å². The molecule has 4 heteroatoms. The summed E-state index contributed by atoms with van der Waals surface area (Å²) in [7, 11) is 1.91. The molecule has 0 aromatic carbocycles. The number of aryl methyl sites for hydroxylation is 1. The van der Waals surface area contributed by atoms with Crippen LogP contribution in [0, 0.1) is 0 Å². The molecule has 0 aliphatic rings. The molecular formula is C11H21N3O. The third-order valence-electron chi connectivity index (χ3n) is 2.48. The van der Waals surface area contributed by atoms with E-state index < -0.39 is 5.60 Å². The van der Waals surface area contributed by atoms with Gasteiger partial charge in [-0.3, -0.25) is 9.52 Å². The van der Waals surface area contributed by atoms with E-state index in [-0.39, 0.29) is 5.41 Å². The summed E-state index contributed by atoms with van der Waals surface area (Å²) in [5.41, 5.74) is 1.56. The van der Waals surface area contributed by atoms with E-state index in [2.05, 4.69) is 25.9 Å². The number of hydrogen-bond donors (Lipinski definition) is 1. The highest BCUT2D eigenvalue weighted by Gasteiger charge is 2.31. The minimum absolute atomic E-state index is 0.00755. The Balaban J connectivity index is 3.30. The first-order valence-corrected chi connectivity index (χ1v) is 5.11. The topological polar surface area (TPSA) is 53.1 Å². The van der Waals surface area contributed by atoms with Gasteiger partial charge in [0.2, 0.25) is 0 Å². The SMILES string of the molecule is Cn1cc(C(C)(C)ON)c(C(C)(C)C)n1. The van der Waals surface area contributed by atoms with E-state index >= 15 is 0 Å². The van der Waals surface area contributed by atoms with Gasteiger partial charge >= 0.3 is 0 Å². The quantitative estimate of drug-likeness (QED) is 0.759. The van der Waals surface area contributed by atoms with Gasteiger partial charge < -0.3 is 0 Å². The van der Waals surface area contributed by atoms with Crippen LogP contribution in [-0.2, 0) is 22.9 Å². The lowest BCUT2D eigenvalue weighted by Gasteiger charge is -2.26. The fraction of sp³-hybridized carbons (Fsp3) is 0.727. The average Bonchev–Trinajstić information content (AvgIpc) is 2.47. The number of rotatable bonds is 2. The summed E-state index contributed by atoms with van der Waals surface area (Å²) in [5, 5.41) is 4.48. The molecule has 1 aromatic heterocycles. The second-order valence-electron chi connectivity index (χ2n) is 5.44. The molecule has 0 spiro atoms. The molecule has 1 rings (SSSR count). The van der Waals surface area contributed by atoms with E-state index in [1.54, 1.807) is 4.68 Å². The molecule has 0 atom stereocenters. The molecule has 0 unspecified atom stereocenters. The summed E-state index contributed by atoms with van der Waals surface area (Å²) in [4.78, 5) is 5.02. The van der Waals surface area contributed by atoms with Crippen molar-refractivity contribution in [3.63, 3.8) is 0 Å². The number of nitrogens with zero attached hydrogens (tertiary/aromatic N) is 2. The van der Waals surface area contributed by atoms with Crippen molar-refractivity contribution < 1.29 is 4.84 Å². The van der Waals surface area contributed by atoms with E-state index in [0.717, 1.165) is 11.3 Å². The molecule has 0 saturated heterocycles. The third kappa shape index (κ3) is 2.38. The molecule has 2 N–H and O–H groups in total. The minimum Gasteiger partial charge on any atom is -0.294 e. The maximum Gasteiger partial charge on any atom is 0.112 e. The van der Waals surface area contributed by atoms with Gasteiger partial charge in [-0.25, -0.2) is 5.90 Å². The van der Waals surface area contributed by atoms with Gasteiger partial charge in [-0.1, -0.05) is 20.8 Å². The maximum absolute atomic E-state index is 5.32. The van der Waals surface area contributed by atoms with Gasteiger partial charge in [-0.05, 0) is 13.8 Å². The van der Waals surface area contributed by atoms with Crippen molar-refractivity contribution in [2.75, 3.05) is 0 Å². The van der Waals surface area contributed by atoms with Gasteiger partial charge in [0.15, 0.2) is 0 Å². The van der Waals surface area contributed by atoms with Gasteiger partial charge in [-0.15, -0.1) is 0 Å². The summed E-state index contributed by atoms with van der Waals surface area (Å²) in [5.74, 6) is 5.32. The fourth-order valence-electron chi connectivity index (χ4n) is 1.55. The molecule has 0 bridgehead atoms. The highest BCUT2D eigenvalue weighted by molar-refractivity contribution is 5.29. The van der Waals surface area contributed by atoms with Crippen molar-refractivity contribution in [2.45, 2.75) is 45.6 Å². The van der Waals surface area contributed by atoms with E-state index in [1.807, 2.05) is 27.1 Å². The Morgan fingerprint density at radius 3 is 2.20 bits per heavy atom. The molecule has 1 heterocycles. The summed E-state index contributed by atoms with van der Waals surface area (Å²) in [6, 6.07) is 0. The van der Waals surface area contributed by atoms with Gasteiger partial charge in [0.25, 0.3) is 0 Å². The molecule has 0 amide bonds. The standard InChI is InChI=1S/C11H21N3O/c1-10(2,3)9-8(7-14(6)13-9)11(4,5)15-12/h7H,12H2,1-6H3. The van der Waals surface area contributed by atoms with Crippen molar-refractivity contribution >= 4 is 0 Å². The molecule has 0 radical (unpaired) electrons. The van der Waals surface area contributed by atoms with Crippen molar-refractivity contribution in [3.8, 4) is 0 Å². The first kappa shape index (κ1) is 12.2. The first-order chi connectivity index (χ1) is 6.68. The average molecular weight is 211 g/mol. The smallest absolute Gasteiger partial charge is 0.112 e. The predicted molar refractivity (Wildman–Crippen MR) is 60.2 cm³/mol. The highest BCUT2D eigenvalue weighted by Crippen LogP contribution is 2.32. The lowest BCUT2D eigenvalue weighted by atomic mass is 9.85. The van der Waals surface area contributed by atoms with Crippen LogP contribution in [0.4, 0.5) is 0 Å². The van der Waals surface area contributed by atoms with Crippen LogP contribution < -0.4 is 5.90 Å². The van der Waals surface area contributed by atoms with Crippen LogP contribution in [0.3, 0.4) is 0 Å². The first-order valence-electron chi connectivity index (χ1n) is 5.11. The molecule has 15 heavy (non-hydrogen) atoms. The Bertz CT molecular complexity index is 347. The fourth-order valence-corrected chi connectivity index (χ4v) is 1.55. The van der Waals surface area contributed by atoms with E-state index in [1.165, 1.54) is 0 Å². The van der Waals surface area contributed by atoms with Gasteiger partial charge in [0.1, 0.15) is 5.60 Å². The van der Waals surface area contributed by atoms with Crippen molar-refractivity contribution in [1.82, 2.24) is 9.78 Å². The molecule has 0 fully saturated rings. The van der Waals surface area contributed by atoms with Crippen molar-refractivity contribution in [3.05, 3.63) is 17.5 Å². The number of aromatic nitrogens is 2. The Morgan fingerprint density at radius 2 is 1.80 bits per heavy atom.